The van der Waals surface area contributed by atoms with Crippen molar-refractivity contribution in [2.24, 2.45) is 17.8 Å². The van der Waals surface area contributed by atoms with Crippen LogP contribution in [0.3, 0.4) is 0 Å². The van der Waals surface area contributed by atoms with Crippen LogP contribution >= 0.6 is 0 Å². The molecule has 0 aliphatic heterocycles. The summed E-state index contributed by atoms with van der Waals surface area (Å²) in [5, 5.41) is 0. The molecule has 1 saturated carbocycles. The fraction of sp³-hybridized carbons (Fsp3) is 0.600. The van der Waals surface area contributed by atoms with Crippen LogP contribution < -0.4 is 0 Å². The largest absolute Gasteiger partial charge is 0.0804 e. The summed E-state index contributed by atoms with van der Waals surface area (Å²) in [7, 11) is 0. The Hall–Kier alpha value is -1.04. The van der Waals surface area contributed by atoms with Crippen molar-refractivity contribution >= 4 is 5.57 Å². The topological polar surface area (TPSA) is 0 Å². The quantitative estimate of drug-likeness (QED) is 0.616. The summed E-state index contributed by atoms with van der Waals surface area (Å²) in [6.45, 7) is 4.59. The van der Waals surface area contributed by atoms with E-state index in [9.17, 15) is 0 Å². The van der Waals surface area contributed by atoms with Gasteiger partial charge in [0, 0.05) is 0 Å². The van der Waals surface area contributed by atoms with Gasteiger partial charge in [0.15, 0.2) is 0 Å². The van der Waals surface area contributed by atoms with E-state index in [1.165, 1.54) is 56.1 Å². The maximum atomic E-state index is 2.54. The number of aryl methyl sites for hydroxylation is 1. The van der Waals surface area contributed by atoms with Gasteiger partial charge in [0.2, 0.25) is 0 Å². The molecule has 1 fully saturated rings. The molecule has 2 aliphatic carbocycles. The lowest BCUT2D eigenvalue weighted by Gasteiger charge is -2.34. The van der Waals surface area contributed by atoms with Crippen molar-refractivity contribution in [3.63, 3.8) is 0 Å². The van der Waals surface area contributed by atoms with Crippen LogP contribution in [0.25, 0.3) is 5.57 Å². The highest BCUT2D eigenvalue weighted by molar-refractivity contribution is 5.66. The van der Waals surface area contributed by atoms with Gasteiger partial charge < -0.3 is 0 Å². The van der Waals surface area contributed by atoms with Gasteiger partial charge in [-0.1, -0.05) is 55.7 Å². The van der Waals surface area contributed by atoms with Crippen LogP contribution in [-0.4, -0.2) is 0 Å². The lowest BCUT2D eigenvalue weighted by Crippen LogP contribution is -2.22. The first-order valence-electron chi connectivity index (χ1n) is 8.48. The minimum atomic E-state index is 0.969. The Labute approximate surface area is 124 Å². The van der Waals surface area contributed by atoms with Crippen LogP contribution in [0.4, 0.5) is 0 Å². The molecule has 0 bridgehead atoms. The van der Waals surface area contributed by atoms with Gasteiger partial charge in [-0.15, -0.1) is 0 Å². The van der Waals surface area contributed by atoms with Crippen LogP contribution in [0, 0.1) is 24.7 Å². The molecule has 1 atom stereocenters. The second-order valence-electron chi connectivity index (χ2n) is 7.15. The average molecular weight is 268 g/mol. The predicted octanol–water partition coefficient (Wildman–Crippen LogP) is 6.00. The highest BCUT2D eigenvalue weighted by Gasteiger charge is 2.27. The van der Waals surface area contributed by atoms with E-state index in [0.29, 0.717) is 0 Å². The predicted molar refractivity (Wildman–Crippen MR) is 87.6 cm³/mol. The third kappa shape index (κ3) is 3.16. The molecule has 0 heteroatoms. The zero-order valence-electron chi connectivity index (χ0n) is 13.1. The molecule has 1 aromatic rings. The molecular weight excluding hydrogens is 240 g/mol. The lowest BCUT2D eigenvalue weighted by molar-refractivity contribution is 0.202. The second kappa shape index (κ2) is 6.16. The van der Waals surface area contributed by atoms with Crippen molar-refractivity contribution in [2.45, 2.75) is 58.8 Å². The van der Waals surface area contributed by atoms with Crippen molar-refractivity contribution in [3.8, 4) is 0 Å². The van der Waals surface area contributed by atoms with E-state index in [4.69, 9.17) is 0 Å². The van der Waals surface area contributed by atoms with Gasteiger partial charge in [-0.3, -0.25) is 0 Å². The summed E-state index contributed by atoms with van der Waals surface area (Å²) >= 11 is 0. The van der Waals surface area contributed by atoms with Gasteiger partial charge in [-0.25, -0.2) is 0 Å². The van der Waals surface area contributed by atoms with Crippen LogP contribution in [-0.2, 0) is 0 Å². The van der Waals surface area contributed by atoms with Gasteiger partial charge in [0.05, 0.1) is 0 Å². The summed E-state index contributed by atoms with van der Waals surface area (Å²) in [6, 6.07) is 9.07. The van der Waals surface area contributed by atoms with E-state index in [-0.39, 0.29) is 0 Å². The highest BCUT2D eigenvalue weighted by atomic mass is 14.3. The van der Waals surface area contributed by atoms with Crippen molar-refractivity contribution in [3.05, 3.63) is 41.5 Å². The first kappa shape index (κ1) is 13.9. The number of rotatable bonds is 2. The van der Waals surface area contributed by atoms with E-state index in [1.807, 2.05) is 0 Å². The maximum Gasteiger partial charge on any atom is -0.0228 e. The van der Waals surface area contributed by atoms with E-state index in [1.54, 1.807) is 5.57 Å². The van der Waals surface area contributed by atoms with Crippen LogP contribution in [0.1, 0.15) is 63.0 Å². The van der Waals surface area contributed by atoms with Gasteiger partial charge in [-0.2, -0.15) is 0 Å². The molecule has 0 heterocycles. The van der Waals surface area contributed by atoms with E-state index in [0.717, 1.165) is 17.8 Å². The Kier molecular flexibility index (Phi) is 4.29. The molecule has 0 amide bonds. The SMILES string of the molecule is Cc1ccc(C2=CCC(C3CCC(C)CC3)CC2)cc1. The summed E-state index contributed by atoms with van der Waals surface area (Å²) in [5.74, 6) is 2.97. The Morgan fingerprint density at radius 2 is 1.55 bits per heavy atom. The molecule has 108 valence electrons. The summed E-state index contributed by atoms with van der Waals surface area (Å²) in [5.41, 5.74) is 4.40. The van der Waals surface area contributed by atoms with Gasteiger partial charge in [-0.05, 0) is 67.9 Å². The number of benzene rings is 1. The van der Waals surface area contributed by atoms with Gasteiger partial charge >= 0.3 is 0 Å². The molecule has 0 nitrogen and oxygen atoms in total. The molecule has 1 unspecified atom stereocenters. The second-order valence-corrected chi connectivity index (χ2v) is 7.15. The third-order valence-electron chi connectivity index (χ3n) is 5.60. The fourth-order valence-corrected chi connectivity index (χ4v) is 4.07. The molecule has 1 aromatic carbocycles. The number of hydrogen-bond donors (Lipinski definition) is 0. The molecule has 20 heavy (non-hydrogen) atoms. The Morgan fingerprint density at radius 3 is 2.15 bits per heavy atom. The summed E-state index contributed by atoms with van der Waals surface area (Å²) < 4.78 is 0. The van der Waals surface area contributed by atoms with E-state index < -0.39 is 0 Å². The molecule has 0 radical (unpaired) electrons. The Balaban J connectivity index is 1.61. The molecule has 2 aliphatic rings. The third-order valence-corrected chi connectivity index (χ3v) is 5.60. The van der Waals surface area contributed by atoms with E-state index >= 15 is 0 Å². The normalized spacial score (nSPS) is 30.9. The standard InChI is InChI=1S/C20H28/c1-15-3-7-17(8-4-15)19-11-13-20(14-12-19)18-9-5-16(2)6-10-18/h3-4,7-8,11,16,18,20H,5-6,9-10,12-14H2,1-2H3. The van der Waals surface area contributed by atoms with Crippen molar-refractivity contribution in [1.82, 2.24) is 0 Å². The first-order chi connectivity index (χ1) is 9.72. The van der Waals surface area contributed by atoms with E-state index in [2.05, 4.69) is 44.2 Å². The molecule has 0 aromatic heterocycles. The van der Waals surface area contributed by atoms with Crippen molar-refractivity contribution in [1.29, 1.82) is 0 Å². The minimum Gasteiger partial charge on any atom is -0.0804 e. The maximum absolute atomic E-state index is 2.54. The zero-order valence-corrected chi connectivity index (χ0v) is 13.1. The Morgan fingerprint density at radius 1 is 0.850 bits per heavy atom. The van der Waals surface area contributed by atoms with Crippen LogP contribution in [0.2, 0.25) is 0 Å². The lowest BCUT2D eigenvalue weighted by atomic mass is 9.71. The Bertz CT molecular complexity index is 457. The molecule has 0 spiro atoms. The smallest absolute Gasteiger partial charge is 0.0228 e. The number of allylic oxidation sites excluding steroid dienone is 2. The summed E-state index contributed by atoms with van der Waals surface area (Å²) in [4.78, 5) is 0. The van der Waals surface area contributed by atoms with Gasteiger partial charge in [0.25, 0.3) is 0 Å². The molecule has 0 saturated heterocycles. The number of hydrogen-bond acceptors (Lipinski definition) is 0. The molecule has 0 N–H and O–H groups in total. The fourth-order valence-electron chi connectivity index (χ4n) is 4.07. The van der Waals surface area contributed by atoms with Gasteiger partial charge in [0.1, 0.15) is 0 Å². The highest BCUT2D eigenvalue weighted by Crippen LogP contribution is 2.40. The van der Waals surface area contributed by atoms with Crippen LogP contribution in [0.5, 0.6) is 0 Å². The zero-order chi connectivity index (χ0) is 13.9. The minimum absolute atomic E-state index is 0.969. The molecular formula is C20H28. The van der Waals surface area contributed by atoms with Crippen LogP contribution in [0.15, 0.2) is 30.3 Å². The monoisotopic (exact) mass is 268 g/mol. The average Bonchev–Trinajstić information content (AvgIpc) is 2.49. The summed E-state index contributed by atoms with van der Waals surface area (Å²) in [6.07, 6.45) is 12.5. The van der Waals surface area contributed by atoms with Crippen molar-refractivity contribution in [2.75, 3.05) is 0 Å². The molecule has 3 rings (SSSR count). The van der Waals surface area contributed by atoms with Crippen molar-refractivity contribution < 1.29 is 0 Å². The first-order valence-corrected chi connectivity index (χ1v) is 8.48.